The first kappa shape index (κ1) is 14.7. The van der Waals surface area contributed by atoms with Gasteiger partial charge in [0.25, 0.3) is 0 Å². The molecule has 0 N–H and O–H groups in total. The lowest BCUT2D eigenvalue weighted by Crippen LogP contribution is -2.05. The minimum Gasteiger partial charge on any atom is -0.462 e. The van der Waals surface area contributed by atoms with Gasteiger partial charge in [-0.1, -0.05) is 40.7 Å². The topological polar surface area (TPSA) is 80.3 Å². The van der Waals surface area contributed by atoms with Gasteiger partial charge >= 0.3 is 5.97 Å². The van der Waals surface area contributed by atoms with E-state index in [0.29, 0.717) is 5.76 Å². The van der Waals surface area contributed by atoms with Crippen LogP contribution in [0.15, 0.2) is 45.2 Å². The Morgan fingerprint density at radius 2 is 2.05 bits per heavy atom. The van der Waals surface area contributed by atoms with E-state index in [1.54, 1.807) is 21.0 Å². The molecule has 0 fully saturated rings. The van der Waals surface area contributed by atoms with Crippen molar-refractivity contribution in [2.75, 3.05) is 20.7 Å². The van der Waals surface area contributed by atoms with Crippen molar-refractivity contribution in [3.05, 3.63) is 35.9 Å². The van der Waals surface area contributed by atoms with Gasteiger partial charge in [-0.2, -0.15) is 0 Å². The molecular formula is C14H16N4O3. The Hall–Kier alpha value is -2.70. The van der Waals surface area contributed by atoms with Crippen LogP contribution in [0, 0.1) is 0 Å². The fraction of sp³-hybridized carbons (Fsp3) is 0.286. The lowest BCUT2D eigenvalue weighted by atomic mass is 10.1. The summed E-state index contributed by atoms with van der Waals surface area (Å²) in [4.78, 5) is 12.1. The van der Waals surface area contributed by atoms with Crippen molar-refractivity contribution in [1.29, 1.82) is 0 Å². The van der Waals surface area contributed by atoms with Gasteiger partial charge in [-0.15, -0.1) is 5.11 Å². The third-order valence-corrected chi connectivity index (χ3v) is 2.51. The van der Waals surface area contributed by atoms with Gasteiger partial charge in [0.2, 0.25) is 5.82 Å². The average molecular weight is 288 g/mol. The summed E-state index contributed by atoms with van der Waals surface area (Å²) in [6.45, 7) is 1.98. The van der Waals surface area contributed by atoms with Crippen LogP contribution in [0.1, 0.15) is 17.3 Å². The molecule has 0 saturated heterocycles. The standard InChI is InChI=1S/C14H16N4O3/c1-4-20-14(19)11-12(10-8-6-5-7-9-10)21-16-13(11)15-17-18(2)3/h5-9H,4H2,1-3H3. The maximum absolute atomic E-state index is 12.1. The van der Waals surface area contributed by atoms with Crippen LogP contribution in [0.25, 0.3) is 11.3 Å². The van der Waals surface area contributed by atoms with Crippen LogP contribution in [-0.4, -0.2) is 36.8 Å². The maximum Gasteiger partial charge on any atom is 0.346 e. The van der Waals surface area contributed by atoms with E-state index in [0.717, 1.165) is 5.56 Å². The van der Waals surface area contributed by atoms with E-state index in [-0.39, 0.29) is 18.0 Å². The summed E-state index contributed by atoms with van der Waals surface area (Å²) in [7, 11) is 3.43. The molecular weight excluding hydrogens is 272 g/mol. The molecule has 0 aliphatic heterocycles. The van der Waals surface area contributed by atoms with Crippen LogP contribution in [-0.2, 0) is 4.74 Å². The third-order valence-electron chi connectivity index (χ3n) is 2.51. The highest BCUT2D eigenvalue weighted by Gasteiger charge is 2.25. The summed E-state index contributed by atoms with van der Waals surface area (Å²) in [6.07, 6.45) is 0. The summed E-state index contributed by atoms with van der Waals surface area (Å²) in [5, 5.41) is 13.0. The van der Waals surface area contributed by atoms with Gasteiger partial charge in [0, 0.05) is 19.7 Å². The summed E-state index contributed by atoms with van der Waals surface area (Å²) < 4.78 is 10.3. The van der Waals surface area contributed by atoms with Gasteiger partial charge in [-0.25, -0.2) is 4.79 Å². The average Bonchev–Trinajstić information content (AvgIpc) is 2.90. The summed E-state index contributed by atoms with van der Waals surface area (Å²) in [5.74, 6) is -0.118. The molecule has 1 heterocycles. The molecule has 2 rings (SSSR count). The molecule has 0 bridgehead atoms. The van der Waals surface area contributed by atoms with Crippen LogP contribution >= 0.6 is 0 Å². The number of nitrogens with zero attached hydrogens (tertiary/aromatic N) is 4. The number of benzene rings is 1. The molecule has 0 amide bonds. The highest BCUT2D eigenvalue weighted by atomic mass is 16.5. The number of rotatable bonds is 5. The number of ether oxygens (including phenoxy) is 1. The molecule has 7 heteroatoms. The van der Waals surface area contributed by atoms with Crippen LogP contribution in [0.5, 0.6) is 0 Å². The molecule has 0 radical (unpaired) electrons. The fourth-order valence-electron chi connectivity index (χ4n) is 1.66. The zero-order chi connectivity index (χ0) is 15.2. The maximum atomic E-state index is 12.1. The van der Waals surface area contributed by atoms with E-state index in [4.69, 9.17) is 9.26 Å². The van der Waals surface area contributed by atoms with Crippen molar-refractivity contribution in [2.24, 2.45) is 10.3 Å². The van der Waals surface area contributed by atoms with E-state index < -0.39 is 5.97 Å². The number of carbonyl (C=O) groups is 1. The first-order valence-electron chi connectivity index (χ1n) is 6.44. The Bertz CT molecular complexity index is 635. The molecule has 0 spiro atoms. The van der Waals surface area contributed by atoms with E-state index in [1.165, 1.54) is 5.01 Å². The number of esters is 1. The second-order valence-corrected chi connectivity index (χ2v) is 4.33. The van der Waals surface area contributed by atoms with Gasteiger partial charge < -0.3 is 9.26 Å². The molecule has 0 aliphatic rings. The predicted molar refractivity (Wildman–Crippen MR) is 76.1 cm³/mol. The predicted octanol–water partition coefficient (Wildman–Crippen LogP) is 3.08. The van der Waals surface area contributed by atoms with Gasteiger partial charge in [0.05, 0.1) is 6.61 Å². The van der Waals surface area contributed by atoms with E-state index in [9.17, 15) is 4.79 Å². The highest BCUT2D eigenvalue weighted by Crippen LogP contribution is 2.31. The monoisotopic (exact) mass is 288 g/mol. The molecule has 0 atom stereocenters. The molecule has 1 aromatic carbocycles. The van der Waals surface area contributed by atoms with Gasteiger partial charge in [-0.3, -0.25) is 5.01 Å². The minimum absolute atomic E-state index is 0.0982. The van der Waals surface area contributed by atoms with Gasteiger partial charge in [-0.05, 0) is 6.92 Å². The normalized spacial score (nSPS) is 10.8. The number of hydrogen-bond acceptors (Lipinski definition) is 6. The minimum atomic E-state index is -0.537. The van der Waals surface area contributed by atoms with Crippen molar-refractivity contribution in [3.63, 3.8) is 0 Å². The largest absolute Gasteiger partial charge is 0.462 e. The quantitative estimate of drug-likeness (QED) is 0.480. The Kier molecular flexibility index (Phi) is 4.65. The highest BCUT2D eigenvalue weighted by molar-refractivity contribution is 5.99. The van der Waals surface area contributed by atoms with Crippen LogP contribution in [0.4, 0.5) is 5.82 Å². The van der Waals surface area contributed by atoms with E-state index >= 15 is 0 Å². The Balaban J connectivity index is 2.48. The van der Waals surface area contributed by atoms with Crippen molar-refractivity contribution in [1.82, 2.24) is 10.2 Å². The summed E-state index contributed by atoms with van der Waals surface area (Å²) >= 11 is 0. The molecule has 1 aromatic heterocycles. The van der Waals surface area contributed by atoms with Crippen LogP contribution in [0.2, 0.25) is 0 Å². The molecule has 110 valence electrons. The SMILES string of the molecule is CCOC(=O)c1c(N=NN(C)C)noc1-c1ccccc1. The van der Waals surface area contributed by atoms with Crippen LogP contribution in [0.3, 0.4) is 0 Å². The zero-order valence-corrected chi connectivity index (χ0v) is 12.1. The van der Waals surface area contributed by atoms with Crippen molar-refractivity contribution in [3.8, 4) is 11.3 Å². The summed E-state index contributed by atoms with van der Waals surface area (Å²) in [5.41, 5.74) is 0.896. The Morgan fingerprint density at radius 1 is 1.33 bits per heavy atom. The Morgan fingerprint density at radius 3 is 2.67 bits per heavy atom. The molecule has 0 unspecified atom stereocenters. The lowest BCUT2D eigenvalue weighted by molar-refractivity contribution is 0.0527. The number of hydrogen-bond donors (Lipinski definition) is 0. The third kappa shape index (κ3) is 3.44. The van der Waals surface area contributed by atoms with Crippen molar-refractivity contribution >= 4 is 11.8 Å². The van der Waals surface area contributed by atoms with E-state index in [2.05, 4.69) is 15.5 Å². The zero-order valence-electron chi connectivity index (χ0n) is 12.1. The lowest BCUT2D eigenvalue weighted by Gasteiger charge is -2.03. The second kappa shape index (κ2) is 6.65. The van der Waals surface area contributed by atoms with Crippen molar-refractivity contribution < 1.29 is 14.1 Å². The second-order valence-electron chi connectivity index (χ2n) is 4.33. The fourth-order valence-corrected chi connectivity index (χ4v) is 1.66. The molecule has 21 heavy (non-hydrogen) atoms. The van der Waals surface area contributed by atoms with E-state index in [1.807, 2.05) is 30.3 Å². The van der Waals surface area contributed by atoms with Crippen molar-refractivity contribution in [2.45, 2.75) is 6.92 Å². The summed E-state index contributed by atoms with van der Waals surface area (Å²) in [6, 6.07) is 9.18. The van der Waals surface area contributed by atoms with Crippen LogP contribution < -0.4 is 0 Å². The first-order chi connectivity index (χ1) is 10.1. The number of aromatic nitrogens is 1. The molecule has 0 saturated carbocycles. The number of carbonyl (C=O) groups excluding carboxylic acids is 1. The molecule has 0 aliphatic carbocycles. The molecule has 7 nitrogen and oxygen atoms in total. The first-order valence-corrected chi connectivity index (χ1v) is 6.44. The van der Waals surface area contributed by atoms with Gasteiger partial charge in [0.15, 0.2) is 11.3 Å². The molecule has 2 aromatic rings. The Labute approximate surface area is 122 Å². The smallest absolute Gasteiger partial charge is 0.346 e. The van der Waals surface area contributed by atoms with Gasteiger partial charge in [0.1, 0.15) is 0 Å².